The third-order valence-electron chi connectivity index (χ3n) is 3.39. The van der Waals surface area contributed by atoms with Gasteiger partial charge in [-0.05, 0) is 18.2 Å². The Balaban J connectivity index is 1.78. The maximum absolute atomic E-state index is 14.2. The van der Waals surface area contributed by atoms with Gasteiger partial charge in [-0.1, -0.05) is 0 Å². The summed E-state index contributed by atoms with van der Waals surface area (Å²) in [6.45, 7) is 1.71. The molecule has 1 fully saturated rings. The summed E-state index contributed by atoms with van der Waals surface area (Å²) in [4.78, 5) is 35.0. The zero-order valence-corrected chi connectivity index (χ0v) is 12.5. The molecule has 2 heterocycles. The van der Waals surface area contributed by atoms with Crippen LogP contribution in [-0.2, 0) is 9.53 Å². The largest absolute Gasteiger partial charge is 0.442 e. The summed E-state index contributed by atoms with van der Waals surface area (Å²) in [5.41, 5.74) is 0.268. The summed E-state index contributed by atoms with van der Waals surface area (Å²) in [6, 6.07) is 3.94. The van der Waals surface area contributed by atoms with Gasteiger partial charge in [0.25, 0.3) is 5.89 Å². The highest BCUT2D eigenvalue weighted by Gasteiger charge is 2.32. The predicted molar refractivity (Wildman–Crippen MR) is 78.8 cm³/mol. The van der Waals surface area contributed by atoms with Gasteiger partial charge in [0.15, 0.2) is 0 Å². The van der Waals surface area contributed by atoms with E-state index < -0.39 is 23.8 Å². The number of nitrogens with one attached hydrogen (secondary N) is 2. The first kappa shape index (κ1) is 15.7. The lowest BCUT2D eigenvalue weighted by Crippen LogP contribution is -2.33. The first-order valence-electron chi connectivity index (χ1n) is 7.02. The molecule has 2 amide bonds. The van der Waals surface area contributed by atoms with Crippen LogP contribution in [0.5, 0.6) is 0 Å². The minimum absolute atomic E-state index is 0.0144. The third kappa shape index (κ3) is 3.12. The van der Waals surface area contributed by atoms with Crippen molar-refractivity contribution in [1.29, 1.82) is 0 Å². The van der Waals surface area contributed by atoms with Crippen LogP contribution in [-0.4, -0.2) is 41.4 Å². The standard InChI is InChI=1S/C14H13FN4O5/c1-7(20)16-5-9-6-19(14(22)23-9)8-2-3-10(11(15)4-8)12-17-18-13(21)24-12/h2-4,9H,5-6H2,1H3,(H,16,20)(H,18,21). The summed E-state index contributed by atoms with van der Waals surface area (Å²) in [5, 5.41) is 8.15. The summed E-state index contributed by atoms with van der Waals surface area (Å²) < 4.78 is 24.0. The van der Waals surface area contributed by atoms with Crippen LogP contribution < -0.4 is 16.0 Å². The van der Waals surface area contributed by atoms with Crippen LogP contribution >= 0.6 is 0 Å². The number of amides is 2. The number of cyclic esters (lactones) is 1. The third-order valence-corrected chi connectivity index (χ3v) is 3.39. The second kappa shape index (κ2) is 6.14. The van der Waals surface area contributed by atoms with Crippen molar-refractivity contribution >= 4 is 17.7 Å². The molecule has 9 nitrogen and oxygen atoms in total. The number of rotatable bonds is 4. The zero-order chi connectivity index (χ0) is 17.3. The second-order valence-corrected chi connectivity index (χ2v) is 5.14. The van der Waals surface area contributed by atoms with E-state index in [0.717, 1.165) is 6.07 Å². The lowest BCUT2D eigenvalue weighted by molar-refractivity contribution is -0.119. The smallest absolute Gasteiger partial charge is 0.434 e. The van der Waals surface area contributed by atoms with Crippen LogP contribution in [0, 0.1) is 5.82 Å². The van der Waals surface area contributed by atoms with Crippen LogP contribution in [0.3, 0.4) is 0 Å². The van der Waals surface area contributed by atoms with Gasteiger partial charge in [-0.2, -0.15) is 0 Å². The van der Waals surface area contributed by atoms with Gasteiger partial charge in [-0.15, -0.1) is 5.10 Å². The number of halogens is 1. The van der Waals surface area contributed by atoms with Crippen molar-refractivity contribution in [2.75, 3.05) is 18.0 Å². The molecule has 2 aromatic rings. The molecule has 24 heavy (non-hydrogen) atoms. The molecule has 1 unspecified atom stereocenters. The number of hydrogen-bond acceptors (Lipinski definition) is 6. The lowest BCUT2D eigenvalue weighted by atomic mass is 10.1. The minimum Gasteiger partial charge on any atom is -0.442 e. The predicted octanol–water partition coefficient (Wildman–Crippen LogP) is 0.630. The minimum atomic E-state index is -0.794. The van der Waals surface area contributed by atoms with Crippen molar-refractivity contribution in [3.63, 3.8) is 0 Å². The van der Waals surface area contributed by atoms with Crippen molar-refractivity contribution in [2.24, 2.45) is 0 Å². The molecule has 3 rings (SSSR count). The molecule has 1 aliphatic heterocycles. The van der Waals surface area contributed by atoms with E-state index in [-0.39, 0.29) is 36.1 Å². The van der Waals surface area contributed by atoms with Gasteiger partial charge in [-0.25, -0.2) is 19.1 Å². The fourth-order valence-corrected chi connectivity index (χ4v) is 2.29. The zero-order valence-electron chi connectivity index (χ0n) is 12.5. The van der Waals surface area contributed by atoms with Crippen LogP contribution in [0.15, 0.2) is 27.4 Å². The first-order valence-corrected chi connectivity index (χ1v) is 7.02. The molecule has 1 aliphatic rings. The Kier molecular flexibility index (Phi) is 4.02. The van der Waals surface area contributed by atoms with E-state index in [0.29, 0.717) is 0 Å². The maximum Gasteiger partial charge on any atom is 0.434 e. The molecular formula is C14H13FN4O5. The van der Waals surface area contributed by atoms with Crippen LogP contribution in [0.1, 0.15) is 6.92 Å². The van der Waals surface area contributed by atoms with Gasteiger partial charge in [0.2, 0.25) is 5.91 Å². The van der Waals surface area contributed by atoms with Crippen molar-refractivity contribution in [3.8, 4) is 11.5 Å². The van der Waals surface area contributed by atoms with Crippen LogP contribution in [0.25, 0.3) is 11.5 Å². The molecule has 1 aromatic heterocycles. The number of hydrogen-bond donors (Lipinski definition) is 2. The molecule has 1 saturated heterocycles. The van der Waals surface area contributed by atoms with E-state index in [9.17, 15) is 18.8 Å². The highest BCUT2D eigenvalue weighted by atomic mass is 19.1. The van der Waals surface area contributed by atoms with Gasteiger partial charge in [-0.3, -0.25) is 9.69 Å². The van der Waals surface area contributed by atoms with E-state index in [1.807, 2.05) is 5.10 Å². The van der Waals surface area contributed by atoms with E-state index in [1.165, 1.54) is 24.0 Å². The van der Waals surface area contributed by atoms with Gasteiger partial charge in [0.05, 0.1) is 24.3 Å². The number of H-pyrrole nitrogens is 1. The Morgan fingerprint density at radius 3 is 2.92 bits per heavy atom. The van der Waals surface area contributed by atoms with Gasteiger partial charge in [0.1, 0.15) is 11.9 Å². The Bertz CT molecular complexity index is 846. The van der Waals surface area contributed by atoms with Crippen LogP contribution in [0.4, 0.5) is 14.9 Å². The molecule has 1 aromatic carbocycles. The number of carbonyl (C=O) groups excluding carboxylic acids is 2. The molecule has 1 atom stereocenters. The molecular weight excluding hydrogens is 323 g/mol. The Morgan fingerprint density at radius 1 is 1.50 bits per heavy atom. The van der Waals surface area contributed by atoms with Crippen LogP contribution in [0.2, 0.25) is 0 Å². The van der Waals surface area contributed by atoms with E-state index in [4.69, 9.17) is 9.15 Å². The second-order valence-electron chi connectivity index (χ2n) is 5.14. The fraction of sp³-hybridized carbons (Fsp3) is 0.286. The van der Waals surface area contributed by atoms with Gasteiger partial charge >= 0.3 is 11.8 Å². The van der Waals surface area contributed by atoms with Crippen molar-refractivity contribution in [3.05, 3.63) is 34.6 Å². The van der Waals surface area contributed by atoms with Crippen molar-refractivity contribution in [1.82, 2.24) is 15.5 Å². The molecule has 126 valence electrons. The van der Waals surface area contributed by atoms with Crippen molar-refractivity contribution < 1.29 is 23.1 Å². The molecule has 0 aliphatic carbocycles. The molecule has 0 radical (unpaired) electrons. The topological polar surface area (TPSA) is 118 Å². The molecule has 2 N–H and O–H groups in total. The summed E-state index contributed by atoms with van der Waals surface area (Å²) in [6.07, 6.45) is -1.16. The van der Waals surface area contributed by atoms with Gasteiger partial charge in [0, 0.05) is 6.92 Å². The van der Waals surface area contributed by atoms with Crippen molar-refractivity contribution in [2.45, 2.75) is 13.0 Å². The van der Waals surface area contributed by atoms with E-state index in [2.05, 4.69) is 10.4 Å². The number of aromatic nitrogens is 2. The number of nitrogens with zero attached hydrogens (tertiary/aromatic N) is 2. The van der Waals surface area contributed by atoms with E-state index in [1.54, 1.807) is 0 Å². The fourth-order valence-electron chi connectivity index (χ4n) is 2.29. The normalized spacial score (nSPS) is 17.0. The Morgan fingerprint density at radius 2 is 2.29 bits per heavy atom. The maximum atomic E-state index is 14.2. The highest BCUT2D eigenvalue weighted by Crippen LogP contribution is 2.27. The molecule has 0 saturated carbocycles. The number of benzene rings is 1. The van der Waals surface area contributed by atoms with E-state index >= 15 is 0 Å². The monoisotopic (exact) mass is 336 g/mol. The summed E-state index contributed by atoms with van der Waals surface area (Å²) >= 11 is 0. The molecule has 0 bridgehead atoms. The highest BCUT2D eigenvalue weighted by molar-refractivity contribution is 5.90. The first-order chi connectivity index (χ1) is 11.4. The van der Waals surface area contributed by atoms with Gasteiger partial charge < -0.3 is 14.5 Å². The lowest BCUT2D eigenvalue weighted by Gasteiger charge is -2.13. The SMILES string of the molecule is CC(=O)NCC1CN(c2ccc(-c3n[nH]c(=O)o3)c(F)c2)C(=O)O1. The molecule has 10 heteroatoms. The quantitative estimate of drug-likeness (QED) is 0.845. The average molecular weight is 336 g/mol. The summed E-state index contributed by atoms with van der Waals surface area (Å²) in [5.74, 6) is -1.92. The Labute approximate surface area is 134 Å². The summed E-state index contributed by atoms with van der Waals surface area (Å²) in [7, 11) is 0. The average Bonchev–Trinajstić information content (AvgIpc) is 3.11. The Hall–Kier alpha value is -3.17. The molecule has 0 spiro atoms. The number of anilines is 1. The number of carbonyl (C=O) groups is 2. The number of ether oxygens (including phenoxy) is 1. The number of aromatic amines is 1.